The van der Waals surface area contributed by atoms with Gasteiger partial charge in [0, 0.05) is 25.2 Å². The van der Waals surface area contributed by atoms with E-state index in [2.05, 4.69) is 23.3 Å². The van der Waals surface area contributed by atoms with Crippen LogP contribution < -0.4 is 10.2 Å². The SMILES string of the molecule is CN(c1ccc(C#N)cc1Cl)C1CC2CCC(C1)N2. The van der Waals surface area contributed by atoms with E-state index < -0.39 is 0 Å². The van der Waals surface area contributed by atoms with Crippen LogP contribution >= 0.6 is 11.6 Å². The predicted octanol–water partition coefficient (Wildman–Crippen LogP) is 2.93. The molecule has 2 bridgehead atoms. The molecule has 4 heteroatoms. The molecular weight excluding hydrogens is 258 g/mol. The van der Waals surface area contributed by atoms with Crippen LogP contribution in [0.25, 0.3) is 0 Å². The third kappa shape index (κ3) is 2.43. The van der Waals surface area contributed by atoms with Gasteiger partial charge in [-0.3, -0.25) is 0 Å². The van der Waals surface area contributed by atoms with Crippen LogP contribution in [0.2, 0.25) is 5.02 Å². The molecule has 3 nitrogen and oxygen atoms in total. The Bertz CT molecular complexity index is 511. The summed E-state index contributed by atoms with van der Waals surface area (Å²) in [6.45, 7) is 0. The van der Waals surface area contributed by atoms with Gasteiger partial charge in [0.25, 0.3) is 0 Å². The molecule has 2 heterocycles. The number of anilines is 1. The Hall–Kier alpha value is -1.24. The summed E-state index contributed by atoms with van der Waals surface area (Å²) in [6, 6.07) is 9.57. The first-order chi connectivity index (χ1) is 9.17. The summed E-state index contributed by atoms with van der Waals surface area (Å²) in [4.78, 5) is 2.29. The van der Waals surface area contributed by atoms with E-state index in [0.29, 0.717) is 28.7 Å². The molecule has 0 radical (unpaired) electrons. The Kier molecular flexibility index (Phi) is 3.38. The van der Waals surface area contributed by atoms with E-state index in [1.807, 2.05) is 12.1 Å². The van der Waals surface area contributed by atoms with Crippen molar-refractivity contribution in [3.63, 3.8) is 0 Å². The van der Waals surface area contributed by atoms with E-state index >= 15 is 0 Å². The second kappa shape index (κ2) is 5.03. The zero-order chi connectivity index (χ0) is 13.4. The fourth-order valence-electron chi connectivity index (χ4n) is 3.40. The summed E-state index contributed by atoms with van der Waals surface area (Å²) in [6.07, 6.45) is 4.97. The Morgan fingerprint density at radius 1 is 1.32 bits per heavy atom. The first-order valence-corrected chi connectivity index (χ1v) is 7.23. The van der Waals surface area contributed by atoms with Gasteiger partial charge < -0.3 is 10.2 Å². The molecule has 1 aromatic rings. The van der Waals surface area contributed by atoms with Crippen molar-refractivity contribution in [1.82, 2.24) is 5.32 Å². The standard InChI is InChI=1S/C15H18ClN3/c1-19(13-7-11-3-4-12(8-13)18-11)15-5-2-10(9-17)6-14(15)16/h2,5-6,11-13,18H,3-4,7-8H2,1H3. The lowest BCUT2D eigenvalue weighted by molar-refractivity contribution is 0.355. The number of piperidine rings is 1. The molecule has 0 aliphatic carbocycles. The fourth-order valence-corrected chi connectivity index (χ4v) is 3.72. The van der Waals surface area contributed by atoms with Crippen LogP contribution in [0.5, 0.6) is 0 Å². The van der Waals surface area contributed by atoms with Gasteiger partial charge in [0.2, 0.25) is 0 Å². The predicted molar refractivity (Wildman–Crippen MR) is 77.5 cm³/mol. The first-order valence-electron chi connectivity index (χ1n) is 6.86. The number of benzene rings is 1. The molecule has 2 unspecified atom stereocenters. The number of hydrogen-bond acceptors (Lipinski definition) is 3. The lowest BCUT2D eigenvalue weighted by Gasteiger charge is -2.37. The highest BCUT2D eigenvalue weighted by Gasteiger charge is 2.35. The van der Waals surface area contributed by atoms with E-state index in [0.717, 1.165) is 5.69 Å². The Balaban J connectivity index is 1.80. The van der Waals surface area contributed by atoms with Gasteiger partial charge >= 0.3 is 0 Å². The van der Waals surface area contributed by atoms with Gasteiger partial charge in [-0.15, -0.1) is 0 Å². The molecular formula is C15H18ClN3. The largest absolute Gasteiger partial charge is 0.370 e. The van der Waals surface area contributed by atoms with E-state index in [-0.39, 0.29) is 0 Å². The Labute approximate surface area is 119 Å². The lowest BCUT2D eigenvalue weighted by Crippen LogP contribution is -2.47. The van der Waals surface area contributed by atoms with Crippen LogP contribution in [0.4, 0.5) is 5.69 Å². The molecule has 2 fully saturated rings. The average Bonchev–Trinajstić information content (AvgIpc) is 2.76. The summed E-state index contributed by atoms with van der Waals surface area (Å²) >= 11 is 6.30. The molecule has 19 heavy (non-hydrogen) atoms. The van der Waals surface area contributed by atoms with Crippen molar-refractivity contribution < 1.29 is 0 Å². The average molecular weight is 276 g/mol. The highest BCUT2D eigenvalue weighted by molar-refractivity contribution is 6.33. The minimum Gasteiger partial charge on any atom is -0.370 e. The van der Waals surface area contributed by atoms with Crippen molar-refractivity contribution in [2.24, 2.45) is 0 Å². The molecule has 3 rings (SSSR count). The number of rotatable bonds is 2. The van der Waals surface area contributed by atoms with Crippen LogP contribution in [0.1, 0.15) is 31.2 Å². The molecule has 1 N–H and O–H groups in total. The summed E-state index contributed by atoms with van der Waals surface area (Å²) in [7, 11) is 2.11. The van der Waals surface area contributed by atoms with Gasteiger partial charge in [-0.25, -0.2) is 0 Å². The van der Waals surface area contributed by atoms with E-state index in [4.69, 9.17) is 16.9 Å². The minimum absolute atomic E-state index is 0.546. The van der Waals surface area contributed by atoms with Crippen molar-refractivity contribution in [2.75, 3.05) is 11.9 Å². The van der Waals surface area contributed by atoms with Crippen molar-refractivity contribution in [3.05, 3.63) is 28.8 Å². The minimum atomic E-state index is 0.546. The van der Waals surface area contributed by atoms with Crippen molar-refractivity contribution in [2.45, 2.75) is 43.8 Å². The molecule has 0 amide bonds. The van der Waals surface area contributed by atoms with Crippen LogP contribution in [-0.4, -0.2) is 25.2 Å². The number of nitriles is 1. The third-order valence-corrected chi connectivity index (χ3v) is 4.76. The zero-order valence-corrected chi connectivity index (χ0v) is 11.8. The second-order valence-electron chi connectivity index (χ2n) is 5.65. The topological polar surface area (TPSA) is 39.1 Å². The molecule has 2 aliphatic heterocycles. The Morgan fingerprint density at radius 3 is 2.58 bits per heavy atom. The molecule has 2 aliphatic rings. The lowest BCUT2D eigenvalue weighted by atomic mass is 9.98. The third-order valence-electron chi connectivity index (χ3n) is 4.45. The normalized spacial score (nSPS) is 29.0. The molecule has 2 saturated heterocycles. The highest BCUT2D eigenvalue weighted by atomic mass is 35.5. The number of nitrogens with one attached hydrogen (secondary N) is 1. The monoisotopic (exact) mass is 275 g/mol. The molecule has 1 aromatic carbocycles. The van der Waals surface area contributed by atoms with Crippen LogP contribution in [0.15, 0.2) is 18.2 Å². The van der Waals surface area contributed by atoms with Gasteiger partial charge in [-0.05, 0) is 43.9 Å². The molecule has 100 valence electrons. The first kappa shape index (κ1) is 12.8. The van der Waals surface area contributed by atoms with Gasteiger partial charge in [0.05, 0.1) is 22.3 Å². The smallest absolute Gasteiger partial charge is 0.0992 e. The maximum atomic E-state index is 8.89. The van der Waals surface area contributed by atoms with Crippen molar-refractivity contribution in [3.8, 4) is 6.07 Å². The quantitative estimate of drug-likeness (QED) is 0.902. The highest BCUT2D eigenvalue weighted by Crippen LogP contribution is 2.34. The van der Waals surface area contributed by atoms with Crippen LogP contribution in [0, 0.1) is 11.3 Å². The van der Waals surface area contributed by atoms with E-state index in [1.54, 1.807) is 6.07 Å². The number of hydrogen-bond donors (Lipinski definition) is 1. The van der Waals surface area contributed by atoms with Gasteiger partial charge in [-0.2, -0.15) is 5.26 Å². The van der Waals surface area contributed by atoms with Crippen LogP contribution in [0.3, 0.4) is 0 Å². The van der Waals surface area contributed by atoms with Gasteiger partial charge in [0.15, 0.2) is 0 Å². The summed E-state index contributed by atoms with van der Waals surface area (Å²) in [5, 5.41) is 13.2. The molecule has 0 aromatic heterocycles. The molecule has 0 spiro atoms. The molecule has 0 saturated carbocycles. The van der Waals surface area contributed by atoms with Crippen molar-refractivity contribution >= 4 is 17.3 Å². The number of nitrogens with zero attached hydrogens (tertiary/aromatic N) is 2. The zero-order valence-electron chi connectivity index (χ0n) is 11.1. The van der Waals surface area contributed by atoms with E-state index in [1.165, 1.54) is 25.7 Å². The van der Waals surface area contributed by atoms with Gasteiger partial charge in [0.1, 0.15) is 0 Å². The fraction of sp³-hybridized carbons (Fsp3) is 0.533. The second-order valence-corrected chi connectivity index (χ2v) is 6.06. The maximum Gasteiger partial charge on any atom is 0.0992 e. The van der Waals surface area contributed by atoms with Crippen molar-refractivity contribution in [1.29, 1.82) is 5.26 Å². The number of halogens is 1. The van der Waals surface area contributed by atoms with Crippen LogP contribution in [-0.2, 0) is 0 Å². The van der Waals surface area contributed by atoms with E-state index in [9.17, 15) is 0 Å². The summed E-state index contributed by atoms with van der Waals surface area (Å²) < 4.78 is 0. The van der Waals surface area contributed by atoms with Gasteiger partial charge in [-0.1, -0.05) is 11.6 Å². The molecule has 2 atom stereocenters. The Morgan fingerprint density at radius 2 is 2.00 bits per heavy atom. The number of fused-ring (bicyclic) bond motifs is 2. The summed E-state index contributed by atoms with van der Waals surface area (Å²) in [5.74, 6) is 0. The maximum absolute atomic E-state index is 8.89. The summed E-state index contributed by atoms with van der Waals surface area (Å²) in [5.41, 5.74) is 1.65.